The number of nitrogens with zero attached hydrogens (tertiary/aromatic N) is 1. The van der Waals surface area contributed by atoms with E-state index in [9.17, 15) is 4.39 Å². The number of halogens is 1. The molecule has 1 aromatic heterocycles. The van der Waals surface area contributed by atoms with Crippen LogP contribution in [0.15, 0.2) is 48.8 Å². The monoisotopic (exact) mass is 244 g/mol. The summed E-state index contributed by atoms with van der Waals surface area (Å²) in [5, 5.41) is 3.38. The summed E-state index contributed by atoms with van der Waals surface area (Å²) in [5.41, 5.74) is 1.71. The summed E-state index contributed by atoms with van der Waals surface area (Å²) in [6, 6.07) is 11.5. The van der Waals surface area contributed by atoms with Gasteiger partial charge in [0.1, 0.15) is 5.82 Å². The first-order valence-corrected chi connectivity index (χ1v) is 6.20. The van der Waals surface area contributed by atoms with E-state index in [0.29, 0.717) is 5.56 Å². The van der Waals surface area contributed by atoms with Crippen LogP contribution in [0.5, 0.6) is 0 Å². The van der Waals surface area contributed by atoms with Crippen LogP contribution >= 0.6 is 0 Å². The number of rotatable bonds is 5. The van der Waals surface area contributed by atoms with Gasteiger partial charge in [0.15, 0.2) is 0 Å². The smallest absolute Gasteiger partial charge is 0.146 e. The van der Waals surface area contributed by atoms with E-state index in [-0.39, 0.29) is 11.9 Å². The van der Waals surface area contributed by atoms with Crippen molar-refractivity contribution in [3.63, 3.8) is 0 Å². The van der Waals surface area contributed by atoms with Crippen molar-refractivity contribution in [1.82, 2.24) is 10.3 Å². The fourth-order valence-corrected chi connectivity index (χ4v) is 1.96. The fourth-order valence-electron chi connectivity index (χ4n) is 1.96. The number of aromatic nitrogens is 1. The summed E-state index contributed by atoms with van der Waals surface area (Å²) in [4.78, 5) is 3.80. The number of hydrogen-bond acceptors (Lipinski definition) is 2. The zero-order valence-electron chi connectivity index (χ0n) is 10.4. The largest absolute Gasteiger partial charge is 0.306 e. The molecule has 1 N–H and O–H groups in total. The SMILES string of the molecule is CCCNC(c1ccccc1)c1ccncc1F. The Morgan fingerprint density at radius 2 is 2.00 bits per heavy atom. The van der Waals surface area contributed by atoms with Crippen molar-refractivity contribution in [2.45, 2.75) is 19.4 Å². The number of hydrogen-bond donors (Lipinski definition) is 1. The van der Waals surface area contributed by atoms with E-state index in [1.807, 2.05) is 30.3 Å². The van der Waals surface area contributed by atoms with E-state index in [0.717, 1.165) is 18.5 Å². The predicted octanol–water partition coefficient (Wildman–Crippen LogP) is 3.31. The molecule has 2 nitrogen and oxygen atoms in total. The van der Waals surface area contributed by atoms with E-state index in [2.05, 4.69) is 17.2 Å². The first-order valence-electron chi connectivity index (χ1n) is 6.20. The molecule has 3 heteroatoms. The lowest BCUT2D eigenvalue weighted by Crippen LogP contribution is -2.24. The van der Waals surface area contributed by atoms with Crippen LogP contribution in [-0.4, -0.2) is 11.5 Å². The molecule has 0 saturated carbocycles. The topological polar surface area (TPSA) is 24.9 Å². The molecule has 2 rings (SSSR count). The molecule has 0 saturated heterocycles. The quantitative estimate of drug-likeness (QED) is 0.872. The van der Waals surface area contributed by atoms with Gasteiger partial charge in [-0.1, -0.05) is 37.3 Å². The van der Waals surface area contributed by atoms with Crippen molar-refractivity contribution < 1.29 is 4.39 Å². The summed E-state index contributed by atoms with van der Waals surface area (Å²) in [5.74, 6) is -0.269. The second-order valence-corrected chi connectivity index (χ2v) is 4.20. The molecule has 94 valence electrons. The highest BCUT2D eigenvalue weighted by Gasteiger charge is 2.16. The van der Waals surface area contributed by atoms with Gasteiger partial charge in [-0.2, -0.15) is 0 Å². The summed E-state index contributed by atoms with van der Waals surface area (Å²) < 4.78 is 13.9. The van der Waals surface area contributed by atoms with Crippen molar-refractivity contribution in [3.8, 4) is 0 Å². The predicted molar refractivity (Wildman–Crippen MR) is 70.8 cm³/mol. The Morgan fingerprint density at radius 3 is 2.67 bits per heavy atom. The average Bonchev–Trinajstić information content (AvgIpc) is 2.42. The number of benzene rings is 1. The minimum Gasteiger partial charge on any atom is -0.306 e. The summed E-state index contributed by atoms with van der Waals surface area (Å²) >= 11 is 0. The van der Waals surface area contributed by atoms with Crippen LogP contribution in [0, 0.1) is 5.82 Å². The third kappa shape index (κ3) is 2.93. The van der Waals surface area contributed by atoms with Gasteiger partial charge >= 0.3 is 0 Å². The molecule has 1 unspecified atom stereocenters. The Bertz CT molecular complexity index is 485. The lowest BCUT2D eigenvalue weighted by Gasteiger charge is -2.19. The van der Waals surface area contributed by atoms with Crippen LogP contribution in [0.1, 0.15) is 30.5 Å². The van der Waals surface area contributed by atoms with Crippen molar-refractivity contribution in [1.29, 1.82) is 0 Å². The molecule has 2 aromatic rings. The van der Waals surface area contributed by atoms with E-state index < -0.39 is 0 Å². The summed E-state index contributed by atoms with van der Waals surface area (Å²) in [6.07, 6.45) is 3.90. The van der Waals surface area contributed by atoms with Gasteiger partial charge in [-0.05, 0) is 24.6 Å². The molecule has 0 aliphatic heterocycles. The molecule has 18 heavy (non-hydrogen) atoms. The summed E-state index contributed by atoms with van der Waals surface area (Å²) in [7, 11) is 0. The van der Waals surface area contributed by atoms with E-state index in [4.69, 9.17) is 0 Å². The first-order chi connectivity index (χ1) is 8.83. The van der Waals surface area contributed by atoms with Crippen molar-refractivity contribution in [3.05, 3.63) is 65.7 Å². The second kappa shape index (κ2) is 6.26. The molecule has 0 amide bonds. The van der Waals surface area contributed by atoms with Crippen molar-refractivity contribution in [2.75, 3.05) is 6.54 Å². The van der Waals surface area contributed by atoms with Gasteiger partial charge in [-0.15, -0.1) is 0 Å². The zero-order valence-corrected chi connectivity index (χ0v) is 10.4. The third-order valence-corrected chi connectivity index (χ3v) is 2.85. The average molecular weight is 244 g/mol. The summed E-state index contributed by atoms with van der Waals surface area (Å²) in [6.45, 7) is 2.94. The first kappa shape index (κ1) is 12.7. The highest BCUT2D eigenvalue weighted by Crippen LogP contribution is 2.23. The molecule has 0 aliphatic rings. The normalized spacial score (nSPS) is 12.3. The van der Waals surface area contributed by atoms with Gasteiger partial charge in [0.05, 0.1) is 12.2 Å². The van der Waals surface area contributed by atoms with E-state index >= 15 is 0 Å². The molecule has 0 bridgehead atoms. The molecule has 1 aromatic carbocycles. The van der Waals surface area contributed by atoms with Gasteiger partial charge < -0.3 is 5.32 Å². The Morgan fingerprint density at radius 1 is 1.22 bits per heavy atom. The Kier molecular flexibility index (Phi) is 4.42. The van der Waals surface area contributed by atoms with Crippen LogP contribution in [0.25, 0.3) is 0 Å². The molecular formula is C15H17FN2. The van der Waals surface area contributed by atoms with E-state index in [1.54, 1.807) is 12.3 Å². The Balaban J connectivity index is 2.34. The standard InChI is InChI=1S/C15H17FN2/c1-2-9-18-15(12-6-4-3-5-7-12)13-8-10-17-11-14(13)16/h3-8,10-11,15,18H,2,9H2,1H3. The molecule has 1 heterocycles. The highest BCUT2D eigenvalue weighted by atomic mass is 19.1. The Hall–Kier alpha value is -1.74. The van der Waals surface area contributed by atoms with Gasteiger partial charge in [0, 0.05) is 11.8 Å². The van der Waals surface area contributed by atoms with Gasteiger partial charge in [-0.25, -0.2) is 4.39 Å². The molecule has 0 fully saturated rings. The van der Waals surface area contributed by atoms with Crippen LogP contribution in [0.3, 0.4) is 0 Å². The van der Waals surface area contributed by atoms with Crippen LogP contribution in [-0.2, 0) is 0 Å². The highest BCUT2D eigenvalue weighted by molar-refractivity contribution is 5.31. The lowest BCUT2D eigenvalue weighted by atomic mass is 9.99. The maximum Gasteiger partial charge on any atom is 0.146 e. The van der Waals surface area contributed by atoms with Gasteiger partial charge in [0.2, 0.25) is 0 Å². The maximum absolute atomic E-state index is 13.9. The molecule has 0 spiro atoms. The van der Waals surface area contributed by atoms with E-state index in [1.165, 1.54) is 6.20 Å². The van der Waals surface area contributed by atoms with Crippen molar-refractivity contribution in [2.24, 2.45) is 0 Å². The van der Waals surface area contributed by atoms with Crippen LogP contribution in [0.2, 0.25) is 0 Å². The number of pyridine rings is 1. The molecule has 0 radical (unpaired) electrons. The molecular weight excluding hydrogens is 227 g/mol. The number of nitrogens with one attached hydrogen (secondary N) is 1. The Labute approximate surface area is 107 Å². The lowest BCUT2D eigenvalue weighted by molar-refractivity contribution is 0.543. The van der Waals surface area contributed by atoms with Crippen molar-refractivity contribution >= 4 is 0 Å². The second-order valence-electron chi connectivity index (χ2n) is 4.20. The minimum atomic E-state index is -0.269. The zero-order chi connectivity index (χ0) is 12.8. The maximum atomic E-state index is 13.9. The molecule has 0 aliphatic carbocycles. The van der Waals surface area contributed by atoms with Crippen LogP contribution in [0.4, 0.5) is 4.39 Å². The van der Waals surface area contributed by atoms with Crippen LogP contribution < -0.4 is 5.32 Å². The van der Waals surface area contributed by atoms with Gasteiger partial charge in [0.25, 0.3) is 0 Å². The minimum absolute atomic E-state index is 0.117. The fraction of sp³-hybridized carbons (Fsp3) is 0.267. The van der Waals surface area contributed by atoms with Gasteiger partial charge in [-0.3, -0.25) is 4.98 Å². The third-order valence-electron chi connectivity index (χ3n) is 2.85. The molecule has 1 atom stereocenters.